The van der Waals surface area contributed by atoms with E-state index in [-0.39, 0.29) is 0 Å². The molecule has 11 aromatic rings. The lowest BCUT2D eigenvalue weighted by molar-refractivity contribution is 0.794. The van der Waals surface area contributed by atoms with E-state index in [9.17, 15) is 0 Å². The van der Waals surface area contributed by atoms with Crippen LogP contribution in [0.2, 0.25) is 0 Å². The molecule has 0 atom stereocenters. The zero-order valence-corrected chi connectivity index (χ0v) is 36.3. The Labute approximate surface area is 386 Å². The van der Waals surface area contributed by atoms with Crippen molar-refractivity contribution in [2.45, 2.75) is 5.41 Å². The van der Waals surface area contributed by atoms with E-state index in [1.54, 1.807) is 0 Å². The van der Waals surface area contributed by atoms with Crippen LogP contribution in [0.5, 0.6) is 0 Å². The van der Waals surface area contributed by atoms with Gasteiger partial charge < -0.3 is 4.90 Å². The lowest BCUT2D eigenvalue weighted by Crippen LogP contribution is -2.26. The van der Waals surface area contributed by atoms with E-state index < -0.39 is 5.41 Å². The van der Waals surface area contributed by atoms with Gasteiger partial charge in [-0.2, -0.15) is 0 Å². The zero-order chi connectivity index (χ0) is 43.6. The van der Waals surface area contributed by atoms with Gasteiger partial charge in [0.1, 0.15) is 0 Å². The van der Waals surface area contributed by atoms with Crippen LogP contribution in [0.15, 0.2) is 261 Å². The predicted molar refractivity (Wildman–Crippen MR) is 277 cm³/mol. The molecule has 1 nitrogen and oxygen atoms in total. The summed E-state index contributed by atoms with van der Waals surface area (Å²) in [4.78, 5) is 2.50. The molecule has 0 unspecified atom stereocenters. The fourth-order valence-electron chi connectivity index (χ4n) is 11.2. The molecule has 0 bridgehead atoms. The standard InChI is InChI=1S/C65H43N/c1-3-16-44(17-4-1)46-30-32-48(33-31-46)51-42-62-64(58-25-11-14-29-61(58)65(62)59-27-12-9-23-56(59)57-24-10-13-28-60(57)65)63(43-51)66(52-38-34-47(35-39-52)45-18-5-2-6-19-45)53-40-36-50(37-41-53)55-26-15-21-49-20-7-8-22-54(49)55/h1-43H. The molecule has 0 aliphatic heterocycles. The van der Waals surface area contributed by atoms with Crippen LogP contribution in [0.1, 0.15) is 22.3 Å². The first-order valence-corrected chi connectivity index (χ1v) is 22.9. The molecule has 0 radical (unpaired) electrons. The van der Waals surface area contributed by atoms with Crippen LogP contribution in [0.4, 0.5) is 17.1 Å². The SMILES string of the molecule is c1ccc(-c2ccc(-c3cc(N(c4ccc(-c5ccccc5)cc4)c4ccc(-c5cccc6ccccc56)cc4)c4c(c3)C3(c5ccccc5-c5ccccc53)c3ccccc3-4)cc2)cc1. The highest BCUT2D eigenvalue weighted by atomic mass is 15.1. The number of anilines is 3. The van der Waals surface area contributed by atoms with Crippen LogP contribution in [-0.4, -0.2) is 0 Å². The monoisotopic (exact) mass is 837 g/mol. The van der Waals surface area contributed by atoms with E-state index in [0.717, 1.165) is 17.1 Å². The molecule has 66 heavy (non-hydrogen) atoms. The summed E-state index contributed by atoms with van der Waals surface area (Å²) in [6, 6.07) is 96.5. The molecule has 1 heteroatoms. The highest BCUT2D eigenvalue weighted by Gasteiger charge is 2.52. The molecule has 0 saturated carbocycles. The molecule has 0 heterocycles. The molecule has 0 fully saturated rings. The summed E-state index contributed by atoms with van der Waals surface area (Å²) in [5, 5.41) is 2.50. The van der Waals surface area contributed by atoms with Gasteiger partial charge in [-0.15, -0.1) is 0 Å². The lowest BCUT2D eigenvalue weighted by atomic mass is 9.70. The van der Waals surface area contributed by atoms with Gasteiger partial charge in [0.05, 0.1) is 11.1 Å². The van der Waals surface area contributed by atoms with Crippen LogP contribution in [0.3, 0.4) is 0 Å². The minimum Gasteiger partial charge on any atom is -0.310 e. The van der Waals surface area contributed by atoms with Gasteiger partial charge in [-0.05, 0) is 131 Å². The van der Waals surface area contributed by atoms with Gasteiger partial charge in [-0.25, -0.2) is 0 Å². The highest BCUT2D eigenvalue weighted by Crippen LogP contribution is 2.65. The third kappa shape index (κ3) is 5.87. The van der Waals surface area contributed by atoms with Gasteiger partial charge in [0, 0.05) is 16.9 Å². The van der Waals surface area contributed by atoms with Gasteiger partial charge in [0.2, 0.25) is 0 Å². The molecule has 2 aliphatic rings. The van der Waals surface area contributed by atoms with Crippen LogP contribution < -0.4 is 4.90 Å². The van der Waals surface area contributed by atoms with Crippen molar-refractivity contribution in [3.63, 3.8) is 0 Å². The summed E-state index contributed by atoms with van der Waals surface area (Å²) in [6.07, 6.45) is 0. The summed E-state index contributed by atoms with van der Waals surface area (Å²) >= 11 is 0. The average Bonchev–Trinajstić information content (AvgIpc) is 3.87. The Kier molecular flexibility index (Phi) is 8.82. The number of benzene rings is 11. The van der Waals surface area contributed by atoms with Crippen LogP contribution in [-0.2, 0) is 5.41 Å². The summed E-state index contributed by atoms with van der Waals surface area (Å²) in [5.74, 6) is 0. The Hall–Kier alpha value is -8.52. The maximum absolute atomic E-state index is 2.51. The van der Waals surface area contributed by atoms with Crippen molar-refractivity contribution in [1.82, 2.24) is 0 Å². The molecule has 1 spiro atoms. The topological polar surface area (TPSA) is 3.24 Å². The number of hydrogen-bond donors (Lipinski definition) is 0. The first-order valence-electron chi connectivity index (χ1n) is 22.9. The molecular weight excluding hydrogens is 795 g/mol. The third-order valence-corrected chi connectivity index (χ3v) is 14.1. The van der Waals surface area contributed by atoms with Crippen molar-refractivity contribution in [1.29, 1.82) is 0 Å². The minimum atomic E-state index is -0.519. The normalized spacial score (nSPS) is 12.7. The van der Waals surface area contributed by atoms with Crippen molar-refractivity contribution in [3.8, 4) is 66.8 Å². The van der Waals surface area contributed by atoms with Crippen molar-refractivity contribution in [2.24, 2.45) is 0 Å². The summed E-state index contributed by atoms with van der Waals surface area (Å²) in [6.45, 7) is 0. The van der Waals surface area contributed by atoms with Crippen molar-refractivity contribution in [3.05, 3.63) is 283 Å². The summed E-state index contributed by atoms with van der Waals surface area (Å²) in [5.41, 5.74) is 22.8. The Balaban J connectivity index is 1.09. The summed E-state index contributed by atoms with van der Waals surface area (Å²) in [7, 11) is 0. The smallest absolute Gasteiger partial charge is 0.0726 e. The maximum atomic E-state index is 2.51. The molecule has 0 amide bonds. The molecule has 13 rings (SSSR count). The number of hydrogen-bond acceptors (Lipinski definition) is 1. The molecular formula is C65H43N. The van der Waals surface area contributed by atoms with E-state index in [2.05, 4.69) is 266 Å². The van der Waals surface area contributed by atoms with Crippen LogP contribution >= 0.6 is 0 Å². The van der Waals surface area contributed by atoms with E-state index in [0.29, 0.717) is 0 Å². The van der Waals surface area contributed by atoms with Gasteiger partial charge in [0.15, 0.2) is 0 Å². The Bertz CT molecular complexity index is 3560. The Morgan fingerprint density at radius 1 is 0.258 bits per heavy atom. The quantitative estimate of drug-likeness (QED) is 0.155. The maximum Gasteiger partial charge on any atom is 0.0726 e. The molecule has 308 valence electrons. The fourth-order valence-corrected chi connectivity index (χ4v) is 11.2. The van der Waals surface area contributed by atoms with Crippen molar-refractivity contribution >= 4 is 27.8 Å². The molecule has 0 aromatic heterocycles. The highest BCUT2D eigenvalue weighted by molar-refractivity contribution is 6.03. The largest absolute Gasteiger partial charge is 0.310 e. The van der Waals surface area contributed by atoms with Gasteiger partial charge in [-0.3, -0.25) is 0 Å². The third-order valence-electron chi connectivity index (χ3n) is 14.1. The number of nitrogens with zero attached hydrogens (tertiary/aromatic N) is 1. The van der Waals surface area contributed by atoms with Crippen LogP contribution in [0, 0.1) is 0 Å². The second-order valence-electron chi connectivity index (χ2n) is 17.6. The van der Waals surface area contributed by atoms with Gasteiger partial charge in [-0.1, -0.05) is 224 Å². The second-order valence-corrected chi connectivity index (χ2v) is 17.6. The Morgan fingerprint density at radius 3 is 1.26 bits per heavy atom. The van der Waals surface area contributed by atoms with E-state index >= 15 is 0 Å². The van der Waals surface area contributed by atoms with Gasteiger partial charge >= 0.3 is 0 Å². The molecule has 11 aromatic carbocycles. The molecule has 2 aliphatic carbocycles. The van der Waals surface area contributed by atoms with Crippen molar-refractivity contribution < 1.29 is 0 Å². The van der Waals surface area contributed by atoms with Crippen molar-refractivity contribution in [2.75, 3.05) is 4.90 Å². The second kappa shape index (κ2) is 15.3. The van der Waals surface area contributed by atoms with Gasteiger partial charge in [0.25, 0.3) is 0 Å². The van der Waals surface area contributed by atoms with E-state index in [4.69, 9.17) is 0 Å². The molecule has 0 saturated heterocycles. The molecule has 0 N–H and O–H groups in total. The Morgan fingerprint density at radius 2 is 0.667 bits per heavy atom. The first kappa shape index (κ1) is 38.0. The number of rotatable bonds is 7. The zero-order valence-electron chi connectivity index (χ0n) is 36.3. The van der Waals surface area contributed by atoms with E-state index in [1.165, 1.54) is 99.8 Å². The first-order chi connectivity index (χ1) is 32.7. The number of fused-ring (bicyclic) bond motifs is 11. The fraction of sp³-hybridized carbons (Fsp3) is 0.0154. The lowest BCUT2D eigenvalue weighted by Gasteiger charge is -2.32. The minimum absolute atomic E-state index is 0.519. The van der Waals surface area contributed by atoms with E-state index in [1.807, 2.05) is 0 Å². The average molecular weight is 838 g/mol. The van der Waals surface area contributed by atoms with Crippen LogP contribution in [0.25, 0.3) is 77.5 Å². The predicted octanol–water partition coefficient (Wildman–Crippen LogP) is 17.3. The summed E-state index contributed by atoms with van der Waals surface area (Å²) < 4.78 is 0.